The maximum absolute atomic E-state index is 9.79. The molecule has 0 aromatic rings. The van der Waals surface area contributed by atoms with Crippen LogP contribution >= 0.6 is 15.9 Å². The average Bonchev–Trinajstić information content (AvgIpc) is 1.63. The standard InChI is InChI=1S/C4H5BrO4.2K/c5-2(4(8)9)1-3(6)7;;/h2H,1H2,(H,6,7)(H,8,9);;/q;2*+1/p-2. The maximum Gasteiger partial charge on any atom is 1.00 e. The van der Waals surface area contributed by atoms with E-state index in [1.807, 2.05) is 0 Å². The summed E-state index contributed by atoms with van der Waals surface area (Å²) in [7, 11) is 0. The van der Waals surface area contributed by atoms with Crippen molar-refractivity contribution in [3.63, 3.8) is 0 Å². The predicted molar refractivity (Wildman–Crippen MR) is 27.3 cm³/mol. The van der Waals surface area contributed by atoms with Crippen LogP contribution in [0, 0.1) is 0 Å². The van der Waals surface area contributed by atoms with Crippen LogP contribution in [0.5, 0.6) is 0 Å². The molecule has 7 heteroatoms. The number of carboxylic acid groups (broad SMARTS) is 2. The van der Waals surface area contributed by atoms with E-state index >= 15 is 0 Å². The molecule has 0 aromatic carbocycles. The summed E-state index contributed by atoms with van der Waals surface area (Å²) < 4.78 is 0. The maximum atomic E-state index is 9.79. The zero-order valence-corrected chi connectivity index (χ0v) is 14.1. The van der Waals surface area contributed by atoms with Gasteiger partial charge < -0.3 is 19.8 Å². The largest absolute Gasteiger partial charge is 1.00 e. The van der Waals surface area contributed by atoms with Gasteiger partial charge in [-0.25, -0.2) is 0 Å². The normalized spacial score (nSPS) is 10.3. The average molecular weight is 273 g/mol. The van der Waals surface area contributed by atoms with E-state index in [0.717, 1.165) is 0 Å². The van der Waals surface area contributed by atoms with Crippen LogP contribution in [0.3, 0.4) is 0 Å². The van der Waals surface area contributed by atoms with Gasteiger partial charge in [-0.3, -0.25) is 0 Å². The van der Waals surface area contributed by atoms with Crippen molar-refractivity contribution in [2.75, 3.05) is 0 Å². The fourth-order valence-corrected chi connectivity index (χ4v) is 0.494. The molecule has 0 amide bonds. The molecule has 0 heterocycles. The second-order valence-corrected chi connectivity index (χ2v) is 2.47. The second kappa shape index (κ2) is 10.8. The Morgan fingerprint density at radius 1 is 1.27 bits per heavy atom. The van der Waals surface area contributed by atoms with Crippen molar-refractivity contribution in [2.24, 2.45) is 0 Å². The van der Waals surface area contributed by atoms with E-state index in [0.29, 0.717) is 0 Å². The molecule has 0 aromatic heterocycles. The molecule has 0 saturated carbocycles. The molecule has 0 spiro atoms. The van der Waals surface area contributed by atoms with E-state index in [9.17, 15) is 19.8 Å². The number of carboxylic acids is 2. The van der Waals surface area contributed by atoms with E-state index < -0.39 is 23.2 Å². The van der Waals surface area contributed by atoms with Crippen LogP contribution in [-0.2, 0) is 9.59 Å². The van der Waals surface area contributed by atoms with Crippen molar-refractivity contribution in [3.05, 3.63) is 0 Å². The monoisotopic (exact) mass is 272 g/mol. The second-order valence-electron chi connectivity index (χ2n) is 1.36. The van der Waals surface area contributed by atoms with Crippen molar-refractivity contribution in [2.45, 2.75) is 11.2 Å². The first-order chi connectivity index (χ1) is 4.04. The van der Waals surface area contributed by atoms with Gasteiger partial charge in [-0.05, 0) is 0 Å². The molecule has 0 fully saturated rings. The molecule has 0 bridgehead atoms. The number of alkyl halides is 1. The van der Waals surface area contributed by atoms with Crippen LogP contribution in [-0.4, -0.2) is 16.8 Å². The quantitative estimate of drug-likeness (QED) is 0.378. The summed E-state index contributed by atoms with van der Waals surface area (Å²) in [5, 5.41) is 19.5. The fourth-order valence-electron chi connectivity index (χ4n) is 0.230. The van der Waals surface area contributed by atoms with Gasteiger partial charge in [0.2, 0.25) is 0 Å². The number of halogens is 1. The van der Waals surface area contributed by atoms with Crippen LogP contribution in [0.25, 0.3) is 0 Å². The van der Waals surface area contributed by atoms with Crippen molar-refractivity contribution in [3.8, 4) is 0 Å². The van der Waals surface area contributed by atoms with Gasteiger partial charge in [-0.2, -0.15) is 0 Å². The molecule has 0 aliphatic rings. The summed E-state index contributed by atoms with van der Waals surface area (Å²) in [6.45, 7) is 0. The van der Waals surface area contributed by atoms with Crippen LogP contribution < -0.4 is 113 Å². The molecule has 0 radical (unpaired) electrons. The van der Waals surface area contributed by atoms with Crippen LogP contribution in [0.2, 0.25) is 0 Å². The number of rotatable bonds is 3. The van der Waals surface area contributed by atoms with Crippen LogP contribution in [0.1, 0.15) is 6.42 Å². The molecule has 11 heavy (non-hydrogen) atoms. The number of aliphatic carboxylic acids is 2. The van der Waals surface area contributed by atoms with Gasteiger partial charge in [0.1, 0.15) is 0 Å². The molecule has 0 aliphatic heterocycles. The molecular formula is C4H3BrK2O4. The Labute approximate surface area is 157 Å². The predicted octanol–water partition coefficient (Wildman–Crippen LogP) is -8.35. The summed E-state index contributed by atoms with van der Waals surface area (Å²) in [5.41, 5.74) is 0. The molecule has 4 nitrogen and oxygen atoms in total. The van der Waals surface area contributed by atoms with Gasteiger partial charge in [0, 0.05) is 12.4 Å². The van der Waals surface area contributed by atoms with Crippen molar-refractivity contribution >= 4 is 27.9 Å². The summed E-state index contributed by atoms with van der Waals surface area (Å²) in [5.74, 6) is -2.86. The summed E-state index contributed by atoms with van der Waals surface area (Å²) in [4.78, 5) is 18.3. The molecule has 1 atom stereocenters. The Bertz CT molecular complexity index is 140. The summed E-state index contributed by atoms with van der Waals surface area (Å²) in [6.07, 6.45) is -0.567. The first-order valence-electron chi connectivity index (χ1n) is 2.09. The Kier molecular flexibility index (Phi) is 18.9. The molecule has 0 aliphatic carbocycles. The van der Waals surface area contributed by atoms with E-state index in [-0.39, 0.29) is 103 Å². The SMILES string of the molecule is O=C([O-])CC(Br)C(=O)[O-].[K+].[K+]. The first-order valence-corrected chi connectivity index (χ1v) is 3.00. The van der Waals surface area contributed by atoms with Crippen molar-refractivity contribution in [1.29, 1.82) is 0 Å². The van der Waals surface area contributed by atoms with Crippen LogP contribution in [0.15, 0.2) is 0 Å². The van der Waals surface area contributed by atoms with Crippen LogP contribution in [0.4, 0.5) is 0 Å². The molecular weight excluding hydrogens is 270 g/mol. The Balaban J connectivity index is -0.000000320. The smallest absolute Gasteiger partial charge is 0.550 e. The number of carbonyl (C=O) groups excluding carboxylic acids is 2. The Hall–Kier alpha value is 2.69. The minimum Gasteiger partial charge on any atom is -0.550 e. The van der Waals surface area contributed by atoms with Crippen molar-refractivity contribution < 1.29 is 123 Å². The van der Waals surface area contributed by atoms with Gasteiger partial charge in [0.15, 0.2) is 0 Å². The van der Waals surface area contributed by atoms with E-state index in [1.54, 1.807) is 0 Å². The Morgan fingerprint density at radius 2 is 1.64 bits per heavy atom. The zero-order valence-electron chi connectivity index (χ0n) is 6.30. The van der Waals surface area contributed by atoms with E-state index in [1.165, 1.54) is 0 Å². The fraction of sp³-hybridized carbons (Fsp3) is 0.500. The van der Waals surface area contributed by atoms with Gasteiger partial charge in [-0.1, -0.05) is 15.9 Å². The Morgan fingerprint density at radius 3 is 1.73 bits per heavy atom. The van der Waals surface area contributed by atoms with Gasteiger partial charge in [0.25, 0.3) is 0 Å². The van der Waals surface area contributed by atoms with E-state index in [4.69, 9.17) is 0 Å². The number of carbonyl (C=O) groups is 2. The molecule has 0 saturated heterocycles. The molecule has 0 N–H and O–H groups in total. The molecule has 1 unspecified atom stereocenters. The van der Waals surface area contributed by atoms with Gasteiger partial charge >= 0.3 is 103 Å². The number of hydrogen-bond donors (Lipinski definition) is 0. The van der Waals surface area contributed by atoms with Crippen molar-refractivity contribution in [1.82, 2.24) is 0 Å². The summed E-state index contributed by atoms with van der Waals surface area (Å²) in [6, 6.07) is 0. The topological polar surface area (TPSA) is 80.3 Å². The third-order valence-electron chi connectivity index (χ3n) is 0.602. The third-order valence-corrected chi connectivity index (χ3v) is 1.30. The third kappa shape index (κ3) is 12.7. The summed E-state index contributed by atoms with van der Waals surface area (Å²) >= 11 is 2.56. The number of hydrogen-bond acceptors (Lipinski definition) is 4. The minimum atomic E-state index is -1.45. The van der Waals surface area contributed by atoms with Gasteiger partial charge in [0.05, 0.1) is 10.8 Å². The molecule has 0 rings (SSSR count). The van der Waals surface area contributed by atoms with E-state index in [2.05, 4.69) is 15.9 Å². The van der Waals surface area contributed by atoms with Gasteiger partial charge in [-0.15, -0.1) is 0 Å². The molecule has 52 valence electrons. The zero-order chi connectivity index (χ0) is 7.44. The minimum absolute atomic E-state index is 0. The first kappa shape index (κ1) is 19.3.